The van der Waals surface area contributed by atoms with Crippen molar-refractivity contribution in [2.24, 2.45) is 0 Å². The van der Waals surface area contributed by atoms with Gasteiger partial charge in [0, 0.05) is 92.7 Å². The van der Waals surface area contributed by atoms with Crippen molar-refractivity contribution in [2.45, 2.75) is 93.5 Å². The van der Waals surface area contributed by atoms with Gasteiger partial charge in [-0.25, -0.2) is 15.0 Å². The number of aryl methyl sites for hydroxylation is 3. The van der Waals surface area contributed by atoms with Crippen LogP contribution in [0, 0.1) is 56.9 Å². The maximum Gasteiger partial charge on any atom is 0.496 e. The lowest BCUT2D eigenvalue weighted by Crippen LogP contribution is -2.41. The number of carbonyl (C=O) groups is 2. The number of ether oxygens (including phenoxy) is 10. The van der Waals surface area contributed by atoms with Crippen LogP contribution in [0.25, 0.3) is 11.1 Å². The lowest BCUT2D eigenvalue weighted by atomic mass is 9.80. The maximum atomic E-state index is 13.0. The van der Waals surface area contributed by atoms with Crippen molar-refractivity contribution in [3.8, 4) is 57.5 Å². The minimum absolute atomic E-state index is 0.00259. The number of hydrogen-bond donors (Lipinski definition) is 4. The van der Waals surface area contributed by atoms with Crippen LogP contribution < -0.4 is 69.2 Å². The van der Waals surface area contributed by atoms with Crippen molar-refractivity contribution >= 4 is 145 Å². The van der Waals surface area contributed by atoms with E-state index in [1.165, 1.54) is 38.1 Å². The number of rotatable bonds is 23. The third kappa shape index (κ3) is 35.9. The molecule has 131 heavy (non-hydrogen) atoms. The number of nitrogens with one attached hydrogen (secondary N) is 2. The van der Waals surface area contributed by atoms with Gasteiger partial charge in [-0.05, 0) is 275 Å². The Kier molecular flexibility index (Phi) is 46.2. The normalized spacial score (nSPS) is 12.1. The van der Waals surface area contributed by atoms with Gasteiger partial charge in [0.15, 0.2) is 15.3 Å². The Balaban J connectivity index is 0.000000314. The molecule has 1 atom stereocenters. The van der Waals surface area contributed by atoms with Crippen LogP contribution in [0.15, 0.2) is 219 Å². The summed E-state index contributed by atoms with van der Waals surface area (Å²) in [4.78, 5) is 64.6. The quantitative estimate of drug-likeness (QED) is 0.0152. The van der Waals surface area contributed by atoms with E-state index in [-0.39, 0.29) is 17.2 Å². The van der Waals surface area contributed by atoms with Crippen LogP contribution >= 0.6 is 63.7 Å². The number of aromatic nitrogens is 3. The van der Waals surface area contributed by atoms with Crippen LogP contribution in [-0.4, -0.2) is 136 Å². The van der Waals surface area contributed by atoms with Gasteiger partial charge in [0.1, 0.15) is 92.6 Å². The number of hydrogen-bond acceptors (Lipinski definition) is 27. The van der Waals surface area contributed by atoms with E-state index in [1.54, 1.807) is 232 Å². The Morgan fingerprint density at radius 3 is 1.06 bits per heavy atom. The number of anilines is 5. The van der Waals surface area contributed by atoms with Crippen molar-refractivity contribution < 1.29 is 99.3 Å². The topological polar surface area (TPSA) is 383 Å². The van der Waals surface area contributed by atoms with Crippen molar-refractivity contribution in [3.63, 3.8) is 0 Å². The number of allylic oxidation sites excluding steroid dienone is 2. The van der Waals surface area contributed by atoms with Gasteiger partial charge in [-0.2, -0.15) is 13.2 Å². The van der Waals surface area contributed by atoms with Gasteiger partial charge in [0.25, 0.3) is 11.4 Å². The molecule has 1 aliphatic heterocycles. The number of benzene rings is 8. The third-order valence-electron chi connectivity index (χ3n) is 18.8. The van der Waals surface area contributed by atoms with Gasteiger partial charge in [0.2, 0.25) is 5.82 Å². The smallest absolute Gasteiger partial charge is 0.496 e. The van der Waals surface area contributed by atoms with Crippen LogP contribution in [0.2, 0.25) is 0 Å². The minimum atomic E-state index is -0.752. The van der Waals surface area contributed by atoms with E-state index in [2.05, 4.69) is 89.3 Å². The zero-order chi connectivity index (χ0) is 98.2. The highest BCUT2D eigenvalue weighted by atomic mass is 79.9. The van der Waals surface area contributed by atoms with Gasteiger partial charge >= 0.3 is 12.8 Å². The summed E-state index contributed by atoms with van der Waals surface area (Å²) in [6.07, 6.45) is 5.20. The summed E-state index contributed by atoms with van der Waals surface area (Å²) in [5.41, 5.74) is 12.0. The Labute approximate surface area is 792 Å². The van der Waals surface area contributed by atoms with Gasteiger partial charge in [-0.15, -0.1) is 0 Å². The largest absolute Gasteiger partial charge is 0.497 e. The zero-order valence-corrected chi connectivity index (χ0v) is 82.1. The average Bonchev–Trinajstić information content (AvgIpc) is 1.62. The van der Waals surface area contributed by atoms with Crippen LogP contribution in [0.1, 0.15) is 116 Å². The fraction of sp³-hybridized carbons (Fsp3) is 0.258. The summed E-state index contributed by atoms with van der Waals surface area (Å²) >= 11 is 12.1. The Morgan fingerprint density at radius 2 is 0.786 bits per heavy atom. The average molecular weight is 2070 g/mol. The number of pyridine rings is 3. The first-order valence-corrected chi connectivity index (χ1v) is 42.1. The number of Topliss-reactive ketones (excluding diaryl/α,β-unsaturated/α-hetero) is 1. The molecule has 8 aromatic carbocycles. The standard InChI is InChI=1S/C18H22BN3O4.C12H10BrN3O2.2C11H12BrFO2.C10H14O3.C10H12O3.C9H10O3.C7H6FNO2.C5H5BrN2/c1-12-7-6-8-14(22(23)24)16(12)21-15-10-9-13(11-20-15)19-25-17(2,3)18(4,5)26-19;1-8-3-2-4-10(16(17)18)12(8)15-11-6-5-9(13)7-14-11;2*1-7(11(12)13)8-4-9(14-2)6-10(5-8)15-3;2*1-7(11)8-4-9(12-2)6-10(5-8)13-3;1-11-8-3-7(6-10)4-9(5-8)12-2;1-5-3-2-4-6(7(5)8)9(10)11;6-4-1-2-5(7)8-3-4/h6-11H,1-5H3,(H,20,21);2-7H,1H3,(H,14,15);2*4-6H,1-3H3;4-7,11H,1-3H3;4-6H,1-3H3;3-6H,1-2H3;2-4H,1H3;1-3H,(H2,7,8)/b;;2*11-7+;;;;;. The first kappa shape index (κ1) is 111. The number of nitro benzene ring substituents is 3. The predicted octanol–water partition coefficient (Wildman–Crippen LogP) is 23.3. The summed E-state index contributed by atoms with van der Waals surface area (Å²) in [6, 6.07) is 50.7. The number of nitrogens with two attached hydrogens (primary N) is 1. The molecule has 698 valence electrons. The second kappa shape index (κ2) is 54.7. The van der Waals surface area contributed by atoms with Crippen molar-refractivity contribution in [2.75, 3.05) is 87.5 Å². The van der Waals surface area contributed by atoms with Crippen LogP contribution in [0.3, 0.4) is 0 Å². The van der Waals surface area contributed by atoms with E-state index < -0.39 is 60.2 Å². The molecule has 0 bridgehead atoms. The molecule has 3 aromatic heterocycles. The number of carbonyl (C=O) groups excluding carboxylic acids is 2. The number of aliphatic hydroxyl groups excluding tert-OH is 1. The number of para-hydroxylation sites is 2. The zero-order valence-electron chi connectivity index (χ0n) is 75.8. The van der Waals surface area contributed by atoms with Gasteiger partial charge in [-0.3, -0.25) is 39.9 Å². The van der Waals surface area contributed by atoms with E-state index in [1.807, 2.05) is 71.9 Å². The molecule has 38 heteroatoms. The first-order chi connectivity index (χ1) is 61.9. The number of nitrogens with zero attached hydrogens (tertiary/aromatic N) is 6. The lowest BCUT2D eigenvalue weighted by Gasteiger charge is -2.32. The van der Waals surface area contributed by atoms with Gasteiger partial charge in [0.05, 0.1) is 103 Å². The molecule has 0 spiro atoms. The number of aldehydes is 1. The third-order valence-corrected chi connectivity index (χ3v) is 20.9. The lowest BCUT2D eigenvalue weighted by molar-refractivity contribution is -0.387. The molecule has 0 radical (unpaired) electrons. The molecule has 1 aliphatic rings. The van der Waals surface area contributed by atoms with Crippen LogP contribution in [0.4, 0.5) is 59.1 Å². The number of nitrogen functional groups attached to an aromatic ring is 1. The molecule has 0 saturated carbocycles. The molecular weight excluding hydrogens is 1970 g/mol. The van der Waals surface area contributed by atoms with E-state index in [0.29, 0.717) is 114 Å². The van der Waals surface area contributed by atoms with E-state index in [9.17, 15) is 58.2 Å². The fourth-order valence-electron chi connectivity index (χ4n) is 10.6. The predicted molar refractivity (Wildman–Crippen MR) is 517 cm³/mol. The maximum absolute atomic E-state index is 13.0. The van der Waals surface area contributed by atoms with Crippen LogP contribution in [0.5, 0.6) is 57.5 Å². The number of halogens is 7. The highest BCUT2D eigenvalue weighted by Gasteiger charge is 2.52. The van der Waals surface area contributed by atoms with E-state index in [0.717, 1.165) is 54.6 Å². The van der Waals surface area contributed by atoms with Crippen LogP contribution in [-0.2, 0) is 9.31 Å². The highest BCUT2D eigenvalue weighted by Crippen LogP contribution is 2.39. The molecule has 5 N–H and O–H groups in total. The summed E-state index contributed by atoms with van der Waals surface area (Å²) in [6.45, 7) is 19.7. The Hall–Kier alpha value is -12.7. The molecule has 1 unspecified atom stereocenters. The molecular formula is C93H103BBr4F3N9O21. The summed E-state index contributed by atoms with van der Waals surface area (Å²) < 4.78 is 102. The second-order valence-electron chi connectivity index (χ2n) is 28.4. The van der Waals surface area contributed by atoms with Crippen molar-refractivity contribution in [3.05, 3.63) is 300 Å². The minimum Gasteiger partial charge on any atom is -0.497 e. The Morgan fingerprint density at radius 1 is 0.473 bits per heavy atom. The molecule has 4 heterocycles. The molecule has 11 aromatic rings. The molecule has 1 saturated heterocycles. The molecule has 0 aliphatic carbocycles. The summed E-state index contributed by atoms with van der Waals surface area (Å²) in [5.74, 6) is 7.30. The molecule has 0 amide bonds. The monoisotopic (exact) mass is 2070 g/mol. The number of nitro groups is 3. The Bertz CT molecular complexity index is 5460. The number of aliphatic hydroxyl groups is 1. The van der Waals surface area contributed by atoms with Crippen molar-refractivity contribution in [1.29, 1.82) is 0 Å². The second-order valence-corrected chi connectivity index (χ2v) is 31.6. The SMILES string of the molecule is COc1cc(C=O)cc(OC)c1.COc1cc(OC)cc(/C(C)=C(/F)Br)c1.COc1cc(OC)cc(/C(C)=C(/F)Br)c1.COc1cc(OC)cc(C(C)=O)c1.COc1cc(OC)cc(C(C)O)c1.Cc1cccc([N+](=O)[O-])c1F.Cc1cccc([N+](=O)[O-])c1Nc1ccc(B2OC(C)(C)C(C)(C)O2)cn1.Cc1cccc([N+](=O)[O-])c1Nc1ccc(Br)cn1.Nc1ccc(Br)cn1. The number of methoxy groups -OCH3 is 10. The summed E-state index contributed by atoms with van der Waals surface area (Å²) in [7, 11) is 15.1. The highest BCUT2D eigenvalue weighted by molar-refractivity contribution is 9.12. The molecule has 1 fully saturated rings. The van der Waals surface area contributed by atoms with E-state index in [4.69, 9.17) is 62.4 Å². The first-order valence-electron chi connectivity index (χ1n) is 39.0. The van der Waals surface area contributed by atoms with Gasteiger partial charge < -0.3 is 78.2 Å². The summed E-state index contributed by atoms with van der Waals surface area (Å²) in [5, 5.41) is 47.7. The molecule has 30 nitrogen and oxygen atoms in total. The van der Waals surface area contributed by atoms with Gasteiger partial charge in [-0.1, -0.05) is 42.5 Å². The molecule has 12 rings (SSSR count). The van der Waals surface area contributed by atoms with E-state index >= 15 is 0 Å². The fourth-order valence-corrected chi connectivity index (χ4v) is 11.6. The van der Waals surface area contributed by atoms with Crippen molar-refractivity contribution in [1.82, 2.24) is 15.0 Å². The number of ketones is 1.